The Bertz CT molecular complexity index is 1760. The van der Waals surface area contributed by atoms with Crippen LogP contribution in [0.25, 0.3) is 0 Å². The minimum absolute atomic E-state index is 0.240. The van der Waals surface area contributed by atoms with Gasteiger partial charge in [0.05, 0.1) is 38.6 Å². The molecule has 0 bridgehead atoms. The number of aliphatic hydroxyl groups excluding tert-OH is 11. The third kappa shape index (κ3) is 36.2. The van der Waals surface area contributed by atoms with Crippen molar-refractivity contribution in [3.8, 4) is 0 Å². The zero-order valence-electron chi connectivity index (χ0n) is 57.5. The van der Waals surface area contributed by atoms with Crippen LogP contribution in [0.15, 0.2) is 24.3 Å². The van der Waals surface area contributed by atoms with Crippen LogP contribution in [0.2, 0.25) is 0 Å². The van der Waals surface area contributed by atoms with Gasteiger partial charge in [-0.25, -0.2) is 0 Å². The molecule has 3 fully saturated rings. The minimum atomic E-state index is -1.98. The van der Waals surface area contributed by atoms with Gasteiger partial charge in [0.15, 0.2) is 18.9 Å². The van der Waals surface area contributed by atoms with E-state index >= 15 is 0 Å². The van der Waals surface area contributed by atoms with Crippen molar-refractivity contribution in [1.82, 2.24) is 5.32 Å². The van der Waals surface area contributed by atoms with E-state index in [2.05, 4.69) is 31.3 Å². The molecule has 0 aliphatic carbocycles. The highest BCUT2D eigenvalue weighted by atomic mass is 16.8. The molecule has 0 spiro atoms. The van der Waals surface area contributed by atoms with Crippen LogP contribution in [0.3, 0.4) is 0 Å². The summed E-state index contributed by atoms with van der Waals surface area (Å²) in [5.41, 5.74) is 0. The van der Waals surface area contributed by atoms with E-state index in [1.807, 2.05) is 6.08 Å². The number of hydrogen-bond acceptors (Lipinski definition) is 18. The van der Waals surface area contributed by atoms with Crippen molar-refractivity contribution < 1.29 is 89.4 Å². The molecule has 0 aromatic heterocycles. The molecule has 0 aromatic carbocycles. The molecular weight excluding hydrogens is 1180 g/mol. The van der Waals surface area contributed by atoms with E-state index in [4.69, 9.17) is 28.4 Å². The van der Waals surface area contributed by atoms with Gasteiger partial charge in [-0.05, 0) is 25.7 Å². The maximum absolute atomic E-state index is 13.3. The van der Waals surface area contributed by atoms with Crippen molar-refractivity contribution in [2.75, 3.05) is 26.4 Å². The zero-order chi connectivity index (χ0) is 66.8. The average molecular weight is 1320 g/mol. The van der Waals surface area contributed by atoms with Crippen molar-refractivity contribution in [2.45, 2.75) is 407 Å². The van der Waals surface area contributed by atoms with Gasteiger partial charge in [-0.3, -0.25) is 4.79 Å². The first-order valence-corrected chi connectivity index (χ1v) is 37.6. The van der Waals surface area contributed by atoms with Crippen LogP contribution in [0.4, 0.5) is 0 Å². The summed E-state index contributed by atoms with van der Waals surface area (Å²) in [6.45, 7) is 1.65. The Kier molecular flexibility index (Phi) is 50.7. The van der Waals surface area contributed by atoms with E-state index in [1.54, 1.807) is 6.08 Å². The Morgan fingerprint density at radius 3 is 1.08 bits per heavy atom. The van der Waals surface area contributed by atoms with Crippen LogP contribution in [0.5, 0.6) is 0 Å². The highest BCUT2D eigenvalue weighted by Crippen LogP contribution is 2.33. The molecule has 0 saturated carbocycles. The Morgan fingerprint density at radius 2 is 0.696 bits per heavy atom. The third-order valence-corrected chi connectivity index (χ3v) is 19.0. The van der Waals surface area contributed by atoms with Gasteiger partial charge in [-0.1, -0.05) is 295 Å². The van der Waals surface area contributed by atoms with Crippen molar-refractivity contribution in [1.29, 1.82) is 0 Å². The Balaban J connectivity index is 1.24. The molecule has 3 saturated heterocycles. The normalized spacial score (nSPS) is 27.8. The number of ether oxygens (including phenoxy) is 6. The molecule has 3 aliphatic heterocycles. The monoisotopic (exact) mass is 1320 g/mol. The number of unbranched alkanes of at least 4 members (excludes halogenated alkanes) is 41. The van der Waals surface area contributed by atoms with Crippen molar-refractivity contribution in [3.05, 3.63) is 24.3 Å². The summed E-state index contributed by atoms with van der Waals surface area (Å²) in [5, 5.41) is 120. The smallest absolute Gasteiger partial charge is 0.220 e. The Morgan fingerprint density at radius 1 is 0.380 bits per heavy atom. The molecule has 0 radical (unpaired) electrons. The zero-order valence-corrected chi connectivity index (χ0v) is 57.5. The lowest BCUT2D eigenvalue weighted by atomic mass is 9.96. The highest BCUT2D eigenvalue weighted by molar-refractivity contribution is 5.76. The van der Waals surface area contributed by atoms with Gasteiger partial charge in [0, 0.05) is 6.42 Å². The SMILES string of the molecule is CCCC/C=C/CC/C=C/C(O)C(COC1OC(CO)C(OC2OC(CO)C(OC3OC(CO)C(O)C(O)C3O)C(O)C2O)C(O)C1O)NC(=O)CCCCCCCCCCCCCCCCCCCCCCCCCCCCCCCCCCCCCCCCC. The van der Waals surface area contributed by atoms with Gasteiger partial charge in [-0.2, -0.15) is 0 Å². The topological polar surface area (TPSA) is 307 Å². The summed E-state index contributed by atoms with van der Waals surface area (Å²) in [7, 11) is 0. The highest BCUT2D eigenvalue weighted by Gasteiger charge is 2.53. The second-order valence-electron chi connectivity index (χ2n) is 27.1. The molecule has 0 aromatic rings. The van der Waals surface area contributed by atoms with Crippen LogP contribution in [0.1, 0.15) is 303 Å². The molecule has 3 rings (SSSR count). The van der Waals surface area contributed by atoms with Gasteiger partial charge in [0.2, 0.25) is 5.91 Å². The summed E-state index contributed by atoms with van der Waals surface area (Å²) >= 11 is 0. The minimum Gasteiger partial charge on any atom is -0.394 e. The maximum atomic E-state index is 13.3. The lowest BCUT2D eigenvalue weighted by molar-refractivity contribution is -0.379. The Hall–Kier alpha value is -1.73. The largest absolute Gasteiger partial charge is 0.394 e. The number of carbonyl (C=O) groups excluding carboxylic acids is 1. The lowest BCUT2D eigenvalue weighted by Gasteiger charge is -2.48. The fourth-order valence-electron chi connectivity index (χ4n) is 12.9. The van der Waals surface area contributed by atoms with Gasteiger partial charge in [-0.15, -0.1) is 0 Å². The molecule has 17 atom stereocenters. The van der Waals surface area contributed by atoms with E-state index in [0.717, 1.165) is 44.9 Å². The van der Waals surface area contributed by atoms with Crippen molar-refractivity contribution >= 4 is 5.91 Å². The van der Waals surface area contributed by atoms with Gasteiger partial charge in [0.25, 0.3) is 0 Å². The third-order valence-electron chi connectivity index (χ3n) is 19.0. The summed E-state index contributed by atoms with van der Waals surface area (Å²) in [5.74, 6) is -0.284. The van der Waals surface area contributed by atoms with Gasteiger partial charge in [0.1, 0.15) is 73.2 Å². The van der Waals surface area contributed by atoms with Crippen molar-refractivity contribution in [3.63, 3.8) is 0 Å². The first-order valence-electron chi connectivity index (χ1n) is 37.6. The van der Waals surface area contributed by atoms with Gasteiger partial charge < -0.3 is 89.9 Å². The predicted molar refractivity (Wildman–Crippen MR) is 360 cm³/mol. The number of amides is 1. The maximum Gasteiger partial charge on any atom is 0.220 e. The van der Waals surface area contributed by atoms with E-state index in [-0.39, 0.29) is 18.9 Å². The molecule has 3 aliphatic rings. The number of aliphatic hydroxyl groups is 11. The predicted octanol–water partition coefficient (Wildman–Crippen LogP) is 11.0. The fourth-order valence-corrected chi connectivity index (χ4v) is 12.9. The molecule has 542 valence electrons. The van der Waals surface area contributed by atoms with Crippen LogP contribution >= 0.6 is 0 Å². The van der Waals surface area contributed by atoms with Gasteiger partial charge >= 0.3 is 0 Å². The van der Waals surface area contributed by atoms with E-state index in [1.165, 1.54) is 225 Å². The second-order valence-corrected chi connectivity index (χ2v) is 27.1. The molecule has 12 N–H and O–H groups in total. The van der Waals surface area contributed by atoms with E-state index < -0.39 is 124 Å². The first kappa shape index (κ1) is 84.5. The molecule has 92 heavy (non-hydrogen) atoms. The number of nitrogens with one attached hydrogen (secondary N) is 1. The molecule has 19 nitrogen and oxygen atoms in total. The van der Waals surface area contributed by atoms with Crippen molar-refractivity contribution in [2.24, 2.45) is 0 Å². The number of rotatable bonds is 59. The number of hydrogen-bond donors (Lipinski definition) is 12. The lowest BCUT2D eigenvalue weighted by Crippen LogP contribution is -2.66. The molecular formula is C73H137NO18. The van der Waals surface area contributed by atoms with E-state index in [0.29, 0.717) is 12.8 Å². The first-order chi connectivity index (χ1) is 44.8. The van der Waals surface area contributed by atoms with E-state index in [9.17, 15) is 61.0 Å². The summed E-state index contributed by atoms with van der Waals surface area (Å²) in [6, 6.07) is -0.984. The second kappa shape index (κ2) is 55.2. The van der Waals surface area contributed by atoms with Crippen LogP contribution in [0, 0.1) is 0 Å². The average Bonchev–Trinajstić information content (AvgIpc) is 0.795. The summed E-state index contributed by atoms with van der Waals surface area (Å²) in [4.78, 5) is 13.3. The standard InChI is InChI=1S/C73H137NO18/c1-3-5-7-9-11-13-14-15-16-17-18-19-20-21-22-23-24-25-26-27-28-29-30-31-32-33-34-35-36-37-38-39-40-41-42-43-45-47-49-51-61(79)74-56(57(78)50-48-46-44-12-10-8-6-4-2)55-87-71-67(85)64(82)69(59(53-76)89-71)92-73-68(86)65(83)70(60(54-77)90-73)91-72-66(84)63(81)62(80)58(52-75)88-72/h10,12,48,50,56-60,62-73,75-78,80-86H,3-9,11,13-47,49,51-55H2,1-2H3,(H,74,79)/b12-10+,50-48+. The van der Waals surface area contributed by atoms with Crippen LogP contribution < -0.4 is 5.32 Å². The molecule has 3 heterocycles. The Labute approximate surface area is 556 Å². The number of allylic oxidation sites excluding steroid dienone is 3. The fraction of sp³-hybridized carbons (Fsp3) is 0.932. The molecule has 19 heteroatoms. The molecule has 1 amide bonds. The van der Waals surface area contributed by atoms with Crippen LogP contribution in [-0.4, -0.2) is 193 Å². The summed E-state index contributed by atoms with van der Waals surface area (Å²) in [6.07, 6.45) is 38.4. The molecule has 17 unspecified atom stereocenters. The quantitative estimate of drug-likeness (QED) is 0.0199. The summed E-state index contributed by atoms with van der Waals surface area (Å²) < 4.78 is 34.2. The van der Waals surface area contributed by atoms with Crippen LogP contribution in [-0.2, 0) is 33.2 Å². The number of carbonyl (C=O) groups is 1.